The third kappa shape index (κ3) is 3.07. The lowest BCUT2D eigenvalue weighted by atomic mass is 10.1. The molecule has 2 aromatic carbocycles. The molecule has 1 heterocycles. The summed E-state index contributed by atoms with van der Waals surface area (Å²) in [6.45, 7) is -3.00. The molecule has 0 fully saturated rings. The minimum absolute atomic E-state index is 0.00943. The van der Waals surface area contributed by atoms with Crippen LogP contribution in [-0.4, -0.2) is 27.8 Å². The van der Waals surface area contributed by atoms with Gasteiger partial charge < -0.3 is 14.4 Å². The molecular formula is C16H10F2N2O4. The Balaban J connectivity index is 2.03. The maximum Gasteiger partial charge on any atom is 0.387 e. The van der Waals surface area contributed by atoms with Crippen molar-refractivity contribution in [2.75, 3.05) is 0 Å². The van der Waals surface area contributed by atoms with Gasteiger partial charge in [0.05, 0.1) is 16.7 Å². The fourth-order valence-corrected chi connectivity index (χ4v) is 2.15. The number of rotatable bonds is 5. The molecule has 0 saturated heterocycles. The maximum absolute atomic E-state index is 12.5. The number of carbonyl (C=O) groups is 1. The van der Waals surface area contributed by atoms with E-state index in [0.29, 0.717) is 0 Å². The summed E-state index contributed by atoms with van der Waals surface area (Å²) < 4.78 is 34.5. The van der Waals surface area contributed by atoms with Crippen molar-refractivity contribution in [3.8, 4) is 28.6 Å². The predicted molar refractivity (Wildman–Crippen MR) is 78.8 cm³/mol. The summed E-state index contributed by atoms with van der Waals surface area (Å²) in [5, 5.41) is 12.9. The molecule has 0 aliphatic carbocycles. The van der Waals surface area contributed by atoms with E-state index in [1.54, 1.807) is 18.2 Å². The standard InChI is InChI=1S/C16H10F2N2O4/c17-16(18)23-12-8-4-3-7-11(12)13-19-14(24-20-13)9-5-1-2-6-10(9)15(21)22/h1-8,16H,(H,21,22). The van der Waals surface area contributed by atoms with Gasteiger partial charge in [-0.15, -0.1) is 0 Å². The van der Waals surface area contributed by atoms with Crippen LogP contribution in [0.2, 0.25) is 0 Å². The number of hydrogen-bond acceptors (Lipinski definition) is 5. The normalized spacial score (nSPS) is 10.8. The Morgan fingerprint density at radius 3 is 2.46 bits per heavy atom. The van der Waals surface area contributed by atoms with Crippen molar-refractivity contribution >= 4 is 5.97 Å². The van der Waals surface area contributed by atoms with Gasteiger partial charge in [-0.05, 0) is 24.3 Å². The summed E-state index contributed by atoms with van der Waals surface area (Å²) in [7, 11) is 0. The van der Waals surface area contributed by atoms with Crippen molar-refractivity contribution in [1.82, 2.24) is 10.1 Å². The van der Waals surface area contributed by atoms with E-state index in [2.05, 4.69) is 14.9 Å². The molecule has 3 aromatic rings. The van der Waals surface area contributed by atoms with Crippen LogP contribution in [0, 0.1) is 0 Å². The average molecular weight is 332 g/mol. The van der Waals surface area contributed by atoms with Crippen molar-refractivity contribution in [2.45, 2.75) is 6.61 Å². The van der Waals surface area contributed by atoms with Crippen LogP contribution in [0.25, 0.3) is 22.8 Å². The molecule has 122 valence electrons. The van der Waals surface area contributed by atoms with Gasteiger partial charge in [-0.3, -0.25) is 0 Å². The van der Waals surface area contributed by atoms with Crippen LogP contribution in [0.1, 0.15) is 10.4 Å². The summed E-state index contributed by atoms with van der Waals surface area (Å²) in [6, 6.07) is 12.1. The number of benzene rings is 2. The molecule has 0 radical (unpaired) electrons. The molecule has 0 bridgehead atoms. The third-order valence-electron chi connectivity index (χ3n) is 3.16. The predicted octanol–water partition coefficient (Wildman–Crippen LogP) is 3.70. The highest BCUT2D eigenvalue weighted by molar-refractivity contribution is 5.94. The van der Waals surface area contributed by atoms with Gasteiger partial charge in [0.15, 0.2) is 0 Å². The molecule has 1 N–H and O–H groups in total. The van der Waals surface area contributed by atoms with E-state index in [1.807, 2.05) is 0 Å². The van der Waals surface area contributed by atoms with Crippen LogP contribution in [0.4, 0.5) is 8.78 Å². The van der Waals surface area contributed by atoms with Gasteiger partial charge in [0.2, 0.25) is 5.82 Å². The molecule has 0 unspecified atom stereocenters. The number of halogens is 2. The zero-order valence-electron chi connectivity index (χ0n) is 12.0. The molecule has 24 heavy (non-hydrogen) atoms. The van der Waals surface area contributed by atoms with E-state index in [1.165, 1.54) is 30.3 Å². The highest BCUT2D eigenvalue weighted by Gasteiger charge is 2.19. The van der Waals surface area contributed by atoms with Gasteiger partial charge >= 0.3 is 12.6 Å². The first-order valence-corrected chi connectivity index (χ1v) is 6.77. The van der Waals surface area contributed by atoms with E-state index in [9.17, 15) is 18.7 Å². The first-order chi connectivity index (χ1) is 11.6. The van der Waals surface area contributed by atoms with Crippen LogP contribution in [-0.2, 0) is 0 Å². The maximum atomic E-state index is 12.5. The number of aromatic carboxylic acids is 1. The summed E-state index contributed by atoms with van der Waals surface area (Å²) in [4.78, 5) is 15.3. The highest BCUT2D eigenvalue weighted by atomic mass is 19.3. The number of ether oxygens (including phenoxy) is 1. The smallest absolute Gasteiger partial charge is 0.387 e. The van der Waals surface area contributed by atoms with Gasteiger partial charge in [0, 0.05) is 0 Å². The lowest BCUT2D eigenvalue weighted by Crippen LogP contribution is -2.03. The molecule has 0 aliphatic rings. The topological polar surface area (TPSA) is 85.5 Å². The Morgan fingerprint density at radius 2 is 1.75 bits per heavy atom. The van der Waals surface area contributed by atoms with Gasteiger partial charge in [-0.25, -0.2) is 4.79 Å². The number of nitrogens with zero attached hydrogens (tertiary/aromatic N) is 2. The Morgan fingerprint density at radius 1 is 1.08 bits per heavy atom. The first kappa shape index (κ1) is 15.6. The minimum Gasteiger partial charge on any atom is -0.478 e. The van der Waals surface area contributed by atoms with E-state index in [0.717, 1.165) is 0 Å². The summed E-state index contributed by atoms with van der Waals surface area (Å²) in [5.74, 6) is -1.27. The largest absolute Gasteiger partial charge is 0.478 e. The van der Waals surface area contributed by atoms with Crippen LogP contribution in [0.15, 0.2) is 53.1 Å². The van der Waals surface area contributed by atoms with Gasteiger partial charge in [-0.2, -0.15) is 13.8 Å². The van der Waals surface area contributed by atoms with Crippen LogP contribution < -0.4 is 4.74 Å². The third-order valence-corrected chi connectivity index (χ3v) is 3.16. The second-order valence-electron chi connectivity index (χ2n) is 4.65. The Bertz CT molecular complexity index is 880. The van der Waals surface area contributed by atoms with Crippen molar-refractivity contribution < 1.29 is 27.9 Å². The summed E-state index contributed by atoms with van der Waals surface area (Å²) in [5.41, 5.74) is 0.432. The lowest BCUT2D eigenvalue weighted by molar-refractivity contribution is -0.0494. The zero-order chi connectivity index (χ0) is 17.1. The molecule has 0 atom stereocenters. The van der Waals surface area contributed by atoms with E-state index >= 15 is 0 Å². The SMILES string of the molecule is O=C(O)c1ccccc1-c1nc(-c2ccccc2OC(F)F)no1. The number of aromatic nitrogens is 2. The number of carboxylic acids is 1. The molecular weight excluding hydrogens is 322 g/mol. The molecule has 0 amide bonds. The van der Waals surface area contributed by atoms with Crippen molar-refractivity contribution in [3.63, 3.8) is 0 Å². The second-order valence-corrected chi connectivity index (χ2v) is 4.65. The fourth-order valence-electron chi connectivity index (χ4n) is 2.15. The molecule has 1 aromatic heterocycles. The molecule has 8 heteroatoms. The van der Waals surface area contributed by atoms with Crippen LogP contribution >= 0.6 is 0 Å². The van der Waals surface area contributed by atoms with Crippen LogP contribution in [0.5, 0.6) is 5.75 Å². The van der Waals surface area contributed by atoms with E-state index < -0.39 is 12.6 Å². The number of alkyl halides is 2. The highest BCUT2D eigenvalue weighted by Crippen LogP contribution is 2.31. The van der Waals surface area contributed by atoms with Crippen LogP contribution in [0.3, 0.4) is 0 Å². The number of hydrogen-bond donors (Lipinski definition) is 1. The lowest BCUT2D eigenvalue weighted by Gasteiger charge is -2.07. The monoisotopic (exact) mass is 332 g/mol. The van der Waals surface area contributed by atoms with Gasteiger partial charge in [0.25, 0.3) is 5.89 Å². The molecule has 0 spiro atoms. The van der Waals surface area contributed by atoms with Gasteiger partial charge in [0.1, 0.15) is 5.75 Å². The zero-order valence-corrected chi connectivity index (χ0v) is 12.0. The van der Waals surface area contributed by atoms with Crippen molar-refractivity contribution in [2.24, 2.45) is 0 Å². The summed E-state index contributed by atoms with van der Waals surface area (Å²) >= 11 is 0. The average Bonchev–Trinajstić information content (AvgIpc) is 3.04. The first-order valence-electron chi connectivity index (χ1n) is 6.77. The Hall–Kier alpha value is -3.29. The number of carboxylic acid groups (broad SMARTS) is 1. The van der Waals surface area contributed by atoms with Gasteiger partial charge in [-0.1, -0.05) is 29.4 Å². The Kier molecular flexibility index (Phi) is 4.19. The molecule has 3 rings (SSSR count). The summed E-state index contributed by atoms with van der Waals surface area (Å²) in [6.07, 6.45) is 0. The molecule has 0 aliphatic heterocycles. The molecule has 0 saturated carbocycles. The molecule has 6 nitrogen and oxygen atoms in total. The quantitative estimate of drug-likeness (QED) is 0.767. The fraction of sp³-hybridized carbons (Fsp3) is 0.0625. The van der Waals surface area contributed by atoms with Crippen molar-refractivity contribution in [1.29, 1.82) is 0 Å². The van der Waals surface area contributed by atoms with E-state index in [4.69, 9.17) is 4.52 Å². The van der Waals surface area contributed by atoms with E-state index in [-0.39, 0.29) is 34.2 Å². The minimum atomic E-state index is -3.00. The van der Waals surface area contributed by atoms with Crippen molar-refractivity contribution in [3.05, 3.63) is 54.1 Å². The second kappa shape index (κ2) is 6.45. The Labute approximate surface area is 134 Å². The number of para-hydroxylation sites is 1.